The van der Waals surface area contributed by atoms with Gasteiger partial charge in [0.1, 0.15) is 6.04 Å². The van der Waals surface area contributed by atoms with E-state index in [0.717, 1.165) is 5.56 Å². The summed E-state index contributed by atoms with van der Waals surface area (Å²) >= 11 is 0. The zero-order valence-electron chi connectivity index (χ0n) is 9.21. The number of ketones is 1. The van der Waals surface area contributed by atoms with Gasteiger partial charge in [-0.1, -0.05) is 30.3 Å². The second-order valence-electron chi connectivity index (χ2n) is 3.79. The molecule has 4 nitrogen and oxygen atoms in total. The minimum Gasteiger partial charge on any atom is -0.453 e. The lowest BCUT2D eigenvalue weighted by atomic mass is 10.1. The third-order valence-electron chi connectivity index (χ3n) is 2.75. The van der Waals surface area contributed by atoms with Crippen molar-refractivity contribution in [2.45, 2.75) is 19.0 Å². The Kier molecular flexibility index (Phi) is 2.64. The Labute approximate surface area is 93.8 Å². The van der Waals surface area contributed by atoms with Gasteiger partial charge in [0.2, 0.25) is 0 Å². The molecule has 1 amide bonds. The van der Waals surface area contributed by atoms with E-state index in [1.54, 1.807) is 0 Å². The molecule has 0 saturated carbocycles. The molecule has 2 rings (SSSR count). The molecule has 0 aromatic heterocycles. The highest BCUT2D eigenvalue weighted by Crippen LogP contribution is 2.43. The summed E-state index contributed by atoms with van der Waals surface area (Å²) < 4.78 is 4.64. The molecule has 1 aromatic rings. The van der Waals surface area contributed by atoms with Crippen molar-refractivity contribution < 1.29 is 14.3 Å². The van der Waals surface area contributed by atoms with Crippen LogP contribution < -0.4 is 0 Å². The number of nitrogens with zero attached hydrogens (tertiary/aromatic N) is 1. The van der Waals surface area contributed by atoms with Gasteiger partial charge >= 0.3 is 6.09 Å². The Morgan fingerprint density at radius 2 is 1.88 bits per heavy atom. The molecule has 1 aromatic carbocycles. The summed E-state index contributed by atoms with van der Waals surface area (Å²) in [6, 6.07) is 8.96. The molecule has 0 spiro atoms. The van der Waals surface area contributed by atoms with E-state index in [1.807, 2.05) is 30.3 Å². The first kappa shape index (κ1) is 10.7. The Balaban J connectivity index is 2.23. The van der Waals surface area contributed by atoms with Crippen LogP contribution in [0.1, 0.15) is 18.5 Å². The SMILES string of the molecule is COC(=O)N1[C@@H](C(C)=O)[C@@H]1c1ccccc1. The first-order valence-electron chi connectivity index (χ1n) is 5.08. The standard InChI is InChI=1S/C12H13NO3/c1-8(14)10-11(13(10)12(15)16-2)9-6-4-3-5-7-9/h3-7,10-11H,1-2H3/t10-,11-,13?/m0/s1. The number of carbonyl (C=O) groups excluding carboxylic acids is 2. The van der Waals surface area contributed by atoms with Crippen LogP contribution in [0.5, 0.6) is 0 Å². The summed E-state index contributed by atoms with van der Waals surface area (Å²) in [7, 11) is 1.32. The quantitative estimate of drug-likeness (QED) is 0.712. The predicted molar refractivity (Wildman–Crippen MR) is 57.9 cm³/mol. The summed E-state index contributed by atoms with van der Waals surface area (Å²) in [5.74, 6) is -0.0146. The van der Waals surface area contributed by atoms with E-state index in [0.29, 0.717) is 0 Å². The van der Waals surface area contributed by atoms with Crippen molar-refractivity contribution in [3.63, 3.8) is 0 Å². The van der Waals surface area contributed by atoms with E-state index in [9.17, 15) is 9.59 Å². The molecule has 16 heavy (non-hydrogen) atoms. The fraction of sp³-hybridized carbons (Fsp3) is 0.333. The number of rotatable bonds is 2. The lowest BCUT2D eigenvalue weighted by Gasteiger charge is -2.01. The molecule has 4 heteroatoms. The van der Waals surface area contributed by atoms with Crippen LogP contribution in [-0.2, 0) is 9.53 Å². The van der Waals surface area contributed by atoms with Gasteiger partial charge in [0.05, 0.1) is 13.2 Å². The lowest BCUT2D eigenvalue weighted by Crippen LogP contribution is -2.16. The van der Waals surface area contributed by atoms with Gasteiger partial charge in [0, 0.05) is 0 Å². The lowest BCUT2D eigenvalue weighted by molar-refractivity contribution is -0.117. The van der Waals surface area contributed by atoms with Crippen molar-refractivity contribution >= 4 is 11.9 Å². The number of ether oxygens (including phenoxy) is 1. The van der Waals surface area contributed by atoms with Crippen LogP contribution in [0.2, 0.25) is 0 Å². The molecule has 0 unspecified atom stereocenters. The zero-order chi connectivity index (χ0) is 11.7. The number of benzene rings is 1. The topological polar surface area (TPSA) is 46.4 Å². The van der Waals surface area contributed by atoms with E-state index in [2.05, 4.69) is 4.74 Å². The molecule has 0 radical (unpaired) electrons. The van der Waals surface area contributed by atoms with Crippen LogP contribution in [0, 0.1) is 0 Å². The van der Waals surface area contributed by atoms with Gasteiger partial charge in [-0.2, -0.15) is 0 Å². The Morgan fingerprint density at radius 1 is 1.25 bits per heavy atom. The zero-order valence-corrected chi connectivity index (χ0v) is 9.21. The number of hydrogen-bond donors (Lipinski definition) is 0. The monoisotopic (exact) mass is 219 g/mol. The maximum Gasteiger partial charge on any atom is 0.410 e. The summed E-state index contributed by atoms with van der Waals surface area (Å²) in [4.78, 5) is 24.3. The van der Waals surface area contributed by atoms with E-state index in [-0.39, 0.29) is 17.9 Å². The van der Waals surface area contributed by atoms with Crippen LogP contribution >= 0.6 is 0 Å². The largest absolute Gasteiger partial charge is 0.453 e. The maximum absolute atomic E-state index is 11.4. The molecule has 0 N–H and O–H groups in total. The van der Waals surface area contributed by atoms with Crippen LogP contribution in [0.4, 0.5) is 4.79 Å². The Hall–Kier alpha value is -1.84. The fourth-order valence-corrected chi connectivity index (χ4v) is 1.98. The van der Waals surface area contributed by atoms with Crippen molar-refractivity contribution in [2.75, 3.05) is 7.11 Å². The minimum atomic E-state index is -0.450. The molecule has 1 aliphatic rings. The Bertz CT molecular complexity index is 416. The average Bonchev–Trinajstić information content (AvgIpc) is 3.04. The highest BCUT2D eigenvalue weighted by atomic mass is 16.5. The molecular weight excluding hydrogens is 206 g/mol. The smallest absolute Gasteiger partial charge is 0.410 e. The molecule has 0 aliphatic carbocycles. The Morgan fingerprint density at radius 3 is 2.38 bits per heavy atom. The molecule has 84 valence electrons. The normalized spacial score (nSPS) is 22.8. The molecular formula is C12H13NO3. The van der Waals surface area contributed by atoms with E-state index in [1.165, 1.54) is 18.9 Å². The van der Waals surface area contributed by atoms with E-state index >= 15 is 0 Å². The first-order chi connectivity index (χ1) is 7.66. The molecule has 1 heterocycles. The average molecular weight is 219 g/mol. The summed E-state index contributed by atoms with van der Waals surface area (Å²) in [6.07, 6.45) is -0.450. The second-order valence-corrected chi connectivity index (χ2v) is 3.79. The second kappa shape index (κ2) is 3.96. The summed E-state index contributed by atoms with van der Waals surface area (Å²) in [5, 5.41) is 0. The van der Waals surface area contributed by atoms with Gasteiger partial charge in [0.25, 0.3) is 0 Å². The van der Waals surface area contributed by atoms with E-state index < -0.39 is 6.09 Å². The number of Topliss-reactive ketones (excluding diaryl/α,β-unsaturated/α-hetero) is 1. The summed E-state index contributed by atoms with van der Waals surface area (Å²) in [6.45, 7) is 1.49. The van der Waals surface area contributed by atoms with Crippen molar-refractivity contribution in [2.24, 2.45) is 0 Å². The van der Waals surface area contributed by atoms with Crippen LogP contribution in [0.15, 0.2) is 30.3 Å². The number of methoxy groups -OCH3 is 1. The van der Waals surface area contributed by atoms with Crippen LogP contribution in [0.25, 0.3) is 0 Å². The predicted octanol–water partition coefficient (Wildman–Crippen LogP) is 1.77. The van der Waals surface area contributed by atoms with Crippen molar-refractivity contribution in [3.05, 3.63) is 35.9 Å². The number of carbonyl (C=O) groups is 2. The molecule has 1 saturated heterocycles. The van der Waals surface area contributed by atoms with Gasteiger partial charge in [-0.25, -0.2) is 4.79 Å². The highest BCUT2D eigenvalue weighted by Gasteiger charge is 2.55. The maximum atomic E-state index is 11.4. The third kappa shape index (κ3) is 1.66. The summed E-state index contributed by atoms with van der Waals surface area (Å²) in [5.41, 5.74) is 0.966. The number of amides is 1. The van der Waals surface area contributed by atoms with Gasteiger partial charge < -0.3 is 4.74 Å². The van der Waals surface area contributed by atoms with Crippen molar-refractivity contribution in [1.82, 2.24) is 4.90 Å². The van der Waals surface area contributed by atoms with Gasteiger partial charge in [0.15, 0.2) is 5.78 Å². The van der Waals surface area contributed by atoms with Gasteiger partial charge in [-0.05, 0) is 12.5 Å². The molecule has 0 bridgehead atoms. The van der Waals surface area contributed by atoms with Gasteiger partial charge in [-0.3, -0.25) is 9.69 Å². The molecule has 1 fully saturated rings. The highest BCUT2D eigenvalue weighted by molar-refractivity contribution is 5.92. The minimum absolute atomic E-state index is 0.0146. The van der Waals surface area contributed by atoms with Crippen molar-refractivity contribution in [1.29, 1.82) is 0 Å². The fourth-order valence-electron chi connectivity index (χ4n) is 1.98. The van der Waals surface area contributed by atoms with Gasteiger partial charge in [-0.15, -0.1) is 0 Å². The molecule has 1 aliphatic heterocycles. The number of hydrogen-bond acceptors (Lipinski definition) is 3. The van der Waals surface area contributed by atoms with Crippen LogP contribution in [0.3, 0.4) is 0 Å². The third-order valence-corrected chi connectivity index (χ3v) is 2.75. The van der Waals surface area contributed by atoms with E-state index in [4.69, 9.17) is 0 Å². The molecule has 2 atom stereocenters. The first-order valence-corrected chi connectivity index (χ1v) is 5.08. The van der Waals surface area contributed by atoms with Crippen molar-refractivity contribution in [3.8, 4) is 0 Å². The van der Waals surface area contributed by atoms with Crippen LogP contribution in [-0.4, -0.2) is 29.9 Å².